The van der Waals surface area contributed by atoms with E-state index in [2.05, 4.69) is 0 Å². The van der Waals surface area contributed by atoms with Gasteiger partial charge in [0.05, 0.1) is 6.61 Å². The molecule has 0 heterocycles. The molecule has 0 aliphatic carbocycles. The summed E-state index contributed by atoms with van der Waals surface area (Å²) in [4.78, 5) is 11.8. The molecule has 0 bridgehead atoms. The average Bonchev–Trinajstić information content (AvgIpc) is 2.58. The lowest BCUT2D eigenvalue weighted by Gasteiger charge is -2.10. The number of carbonyl (C=O) groups excluding carboxylic acids is 1. The van der Waals surface area contributed by atoms with Gasteiger partial charge in [-0.05, 0) is 29.8 Å². The Morgan fingerprint density at radius 2 is 2.00 bits per heavy atom. The number of nitrogens with zero attached hydrogens (tertiary/aromatic N) is 2. The smallest absolute Gasteiger partial charge is 0.348 e. The van der Waals surface area contributed by atoms with Gasteiger partial charge in [-0.1, -0.05) is 30.3 Å². The number of hydrogen-bond acceptors (Lipinski definition) is 5. The van der Waals surface area contributed by atoms with E-state index in [0.717, 1.165) is 10.8 Å². The second-order valence-electron chi connectivity index (χ2n) is 4.54. The molecule has 0 atom stereocenters. The Bertz CT molecular complexity index is 841. The van der Waals surface area contributed by atoms with Crippen molar-refractivity contribution in [3.05, 3.63) is 47.5 Å². The van der Waals surface area contributed by atoms with Gasteiger partial charge in [0.15, 0.2) is 6.61 Å². The number of benzene rings is 2. The summed E-state index contributed by atoms with van der Waals surface area (Å²) in [6.07, 6.45) is 1.44. The Kier molecular flexibility index (Phi) is 5.33. The quantitative estimate of drug-likeness (QED) is 0.481. The largest absolute Gasteiger partial charge is 0.478 e. The zero-order valence-corrected chi connectivity index (χ0v) is 12.6. The highest BCUT2D eigenvalue weighted by molar-refractivity contribution is 6.02. The molecule has 5 heteroatoms. The SMILES string of the molecule is CCOC(=O)/C(C#N)=C/c1c(OCC#N)ccc2ccccc12. The monoisotopic (exact) mass is 306 g/mol. The minimum atomic E-state index is -0.686. The summed E-state index contributed by atoms with van der Waals surface area (Å²) in [7, 11) is 0. The van der Waals surface area contributed by atoms with Crippen LogP contribution >= 0.6 is 0 Å². The third-order valence-corrected chi connectivity index (χ3v) is 3.13. The first-order chi connectivity index (χ1) is 11.2. The molecule has 0 fully saturated rings. The van der Waals surface area contributed by atoms with Crippen LogP contribution in [0.4, 0.5) is 0 Å². The molecule has 0 aliphatic rings. The molecule has 0 spiro atoms. The van der Waals surface area contributed by atoms with Crippen LogP contribution in [0, 0.1) is 22.7 Å². The Hall–Kier alpha value is -3.31. The molecule has 23 heavy (non-hydrogen) atoms. The van der Waals surface area contributed by atoms with Gasteiger partial charge in [0.25, 0.3) is 0 Å². The van der Waals surface area contributed by atoms with Gasteiger partial charge in [-0.3, -0.25) is 0 Å². The van der Waals surface area contributed by atoms with E-state index < -0.39 is 5.97 Å². The lowest BCUT2D eigenvalue weighted by atomic mass is 10.0. The highest BCUT2D eigenvalue weighted by atomic mass is 16.5. The first-order valence-electron chi connectivity index (χ1n) is 7.01. The topological polar surface area (TPSA) is 83.1 Å². The van der Waals surface area contributed by atoms with Crippen molar-refractivity contribution >= 4 is 22.8 Å². The molecule has 0 aromatic heterocycles. The number of hydrogen-bond donors (Lipinski definition) is 0. The number of esters is 1. The number of carbonyl (C=O) groups is 1. The van der Waals surface area contributed by atoms with Gasteiger partial charge in [-0.15, -0.1) is 0 Å². The molecule has 2 aromatic carbocycles. The van der Waals surface area contributed by atoms with Crippen molar-refractivity contribution in [3.8, 4) is 17.9 Å². The molecule has 2 aromatic rings. The van der Waals surface area contributed by atoms with Gasteiger partial charge < -0.3 is 9.47 Å². The lowest BCUT2D eigenvalue weighted by molar-refractivity contribution is -0.137. The Labute approximate surface area is 134 Å². The molecule has 0 unspecified atom stereocenters. The minimum absolute atomic E-state index is 0.120. The van der Waals surface area contributed by atoms with Gasteiger partial charge >= 0.3 is 5.97 Å². The predicted octanol–water partition coefficient (Wildman–Crippen LogP) is 3.21. The van der Waals surface area contributed by atoms with Crippen LogP contribution in [0.2, 0.25) is 0 Å². The molecule has 5 nitrogen and oxygen atoms in total. The van der Waals surface area contributed by atoms with Crippen molar-refractivity contribution in [2.45, 2.75) is 6.92 Å². The van der Waals surface area contributed by atoms with Gasteiger partial charge in [0, 0.05) is 5.56 Å². The van der Waals surface area contributed by atoms with E-state index in [-0.39, 0.29) is 18.8 Å². The number of ether oxygens (including phenoxy) is 2. The van der Waals surface area contributed by atoms with E-state index in [4.69, 9.17) is 14.7 Å². The second-order valence-corrected chi connectivity index (χ2v) is 4.54. The molecule has 0 N–H and O–H groups in total. The first kappa shape index (κ1) is 16.1. The highest BCUT2D eigenvalue weighted by Crippen LogP contribution is 2.30. The minimum Gasteiger partial charge on any atom is -0.478 e. The molecule has 0 amide bonds. The van der Waals surface area contributed by atoms with Gasteiger partial charge in [0.1, 0.15) is 23.5 Å². The summed E-state index contributed by atoms with van der Waals surface area (Å²) >= 11 is 0. The summed E-state index contributed by atoms with van der Waals surface area (Å²) in [6.45, 7) is 1.73. The molecule has 114 valence electrons. The fourth-order valence-corrected chi connectivity index (χ4v) is 2.15. The van der Waals surface area contributed by atoms with Crippen LogP contribution in [0.1, 0.15) is 12.5 Å². The van der Waals surface area contributed by atoms with Crippen LogP contribution in [-0.2, 0) is 9.53 Å². The predicted molar refractivity (Wildman–Crippen MR) is 85.3 cm³/mol. The molecule has 0 radical (unpaired) electrons. The maximum atomic E-state index is 11.8. The zero-order valence-electron chi connectivity index (χ0n) is 12.6. The van der Waals surface area contributed by atoms with Gasteiger partial charge in [0.2, 0.25) is 0 Å². The van der Waals surface area contributed by atoms with Crippen LogP contribution in [0.5, 0.6) is 5.75 Å². The third-order valence-electron chi connectivity index (χ3n) is 3.13. The van der Waals surface area contributed by atoms with E-state index in [9.17, 15) is 10.1 Å². The molecule has 2 rings (SSSR count). The van der Waals surface area contributed by atoms with Gasteiger partial charge in [-0.25, -0.2) is 4.79 Å². The molecular formula is C18H14N2O3. The van der Waals surface area contributed by atoms with Crippen molar-refractivity contribution in [2.75, 3.05) is 13.2 Å². The van der Waals surface area contributed by atoms with Crippen LogP contribution in [0.25, 0.3) is 16.8 Å². The van der Waals surface area contributed by atoms with Crippen LogP contribution in [0.3, 0.4) is 0 Å². The van der Waals surface area contributed by atoms with Crippen molar-refractivity contribution in [3.63, 3.8) is 0 Å². The van der Waals surface area contributed by atoms with E-state index in [1.165, 1.54) is 6.08 Å². The molecular weight excluding hydrogens is 292 g/mol. The number of nitriles is 2. The summed E-state index contributed by atoms with van der Waals surface area (Å²) in [6, 6.07) is 14.8. The van der Waals surface area contributed by atoms with Crippen LogP contribution in [0.15, 0.2) is 42.0 Å². The van der Waals surface area contributed by atoms with Crippen LogP contribution in [-0.4, -0.2) is 19.2 Å². The molecule has 0 aliphatic heterocycles. The average molecular weight is 306 g/mol. The van der Waals surface area contributed by atoms with Gasteiger partial charge in [-0.2, -0.15) is 10.5 Å². The maximum Gasteiger partial charge on any atom is 0.348 e. The lowest BCUT2D eigenvalue weighted by Crippen LogP contribution is -2.06. The maximum absolute atomic E-state index is 11.8. The standard InChI is InChI=1S/C18H14N2O3/c1-2-22-18(21)14(12-20)11-16-15-6-4-3-5-13(15)7-8-17(16)23-10-9-19/h3-8,11H,2,10H2,1H3/b14-11+. The van der Waals surface area contributed by atoms with E-state index in [1.807, 2.05) is 42.5 Å². The second kappa shape index (κ2) is 7.63. The fourth-order valence-electron chi connectivity index (χ4n) is 2.15. The van der Waals surface area contributed by atoms with Crippen molar-refractivity contribution in [1.29, 1.82) is 10.5 Å². The Balaban J connectivity index is 2.62. The Morgan fingerprint density at radius 1 is 1.22 bits per heavy atom. The summed E-state index contributed by atoms with van der Waals surface area (Å²) in [5.74, 6) is -0.253. The zero-order chi connectivity index (χ0) is 16.7. The normalized spacial score (nSPS) is 10.7. The Morgan fingerprint density at radius 3 is 2.70 bits per heavy atom. The fraction of sp³-hybridized carbons (Fsp3) is 0.167. The van der Waals surface area contributed by atoms with E-state index in [1.54, 1.807) is 13.0 Å². The molecule has 0 saturated carbocycles. The molecule has 0 saturated heterocycles. The summed E-state index contributed by atoms with van der Waals surface area (Å²) in [5.41, 5.74) is 0.452. The van der Waals surface area contributed by atoms with Crippen molar-refractivity contribution < 1.29 is 14.3 Å². The summed E-state index contributed by atoms with van der Waals surface area (Å²) < 4.78 is 10.3. The first-order valence-corrected chi connectivity index (χ1v) is 7.01. The number of rotatable bonds is 5. The third kappa shape index (κ3) is 3.66. The van der Waals surface area contributed by atoms with Crippen molar-refractivity contribution in [2.24, 2.45) is 0 Å². The summed E-state index contributed by atoms with van der Waals surface area (Å²) in [5, 5.41) is 19.7. The van der Waals surface area contributed by atoms with Crippen LogP contribution < -0.4 is 4.74 Å². The highest BCUT2D eigenvalue weighted by Gasteiger charge is 2.14. The van der Waals surface area contributed by atoms with Crippen molar-refractivity contribution in [1.82, 2.24) is 0 Å². The number of fused-ring (bicyclic) bond motifs is 1. The van der Waals surface area contributed by atoms with E-state index in [0.29, 0.717) is 11.3 Å². The van der Waals surface area contributed by atoms with E-state index >= 15 is 0 Å².